The first-order chi connectivity index (χ1) is 14.6. The fourth-order valence-corrected chi connectivity index (χ4v) is 3.26. The topological polar surface area (TPSA) is 64.6 Å². The minimum absolute atomic E-state index is 0. The SMILES string of the molecule is CCNC(=NCc1ccc(OC(F)F)c(OCC)c1)N1CCC(COCCOC)C1.I. The van der Waals surface area contributed by atoms with Crippen LogP contribution in [0.2, 0.25) is 0 Å². The predicted octanol–water partition coefficient (Wildman–Crippen LogP) is 3.76. The number of hydrogen-bond donors (Lipinski definition) is 1. The number of nitrogens with one attached hydrogen (secondary N) is 1. The second-order valence-corrected chi connectivity index (χ2v) is 6.93. The van der Waals surface area contributed by atoms with Crippen molar-refractivity contribution in [2.75, 3.05) is 53.2 Å². The maximum absolute atomic E-state index is 12.6. The van der Waals surface area contributed by atoms with Crippen LogP contribution < -0.4 is 14.8 Å². The second-order valence-electron chi connectivity index (χ2n) is 6.93. The van der Waals surface area contributed by atoms with Gasteiger partial charge in [0, 0.05) is 32.7 Å². The zero-order chi connectivity index (χ0) is 21.8. The summed E-state index contributed by atoms with van der Waals surface area (Å²) in [5.74, 6) is 1.62. The van der Waals surface area contributed by atoms with Crippen LogP contribution in [0.4, 0.5) is 8.78 Å². The number of nitrogens with zero attached hydrogens (tertiary/aromatic N) is 2. The molecule has 0 aromatic heterocycles. The van der Waals surface area contributed by atoms with E-state index in [-0.39, 0.29) is 29.7 Å². The van der Waals surface area contributed by atoms with Gasteiger partial charge in [-0.25, -0.2) is 4.99 Å². The Labute approximate surface area is 200 Å². The first kappa shape index (κ1) is 27.6. The van der Waals surface area contributed by atoms with Gasteiger partial charge in [0.25, 0.3) is 0 Å². The summed E-state index contributed by atoms with van der Waals surface area (Å²) < 4.78 is 45.8. The molecular formula is C21H34F2IN3O4. The maximum Gasteiger partial charge on any atom is 0.387 e. The lowest BCUT2D eigenvalue weighted by Crippen LogP contribution is -2.40. The van der Waals surface area contributed by atoms with E-state index in [0.717, 1.165) is 37.6 Å². The normalized spacial score (nSPS) is 16.4. The molecule has 1 aromatic carbocycles. The van der Waals surface area contributed by atoms with Crippen molar-refractivity contribution in [1.82, 2.24) is 10.2 Å². The third-order valence-corrected chi connectivity index (χ3v) is 4.64. The van der Waals surface area contributed by atoms with Crippen LogP contribution in [0.25, 0.3) is 0 Å². The van der Waals surface area contributed by atoms with E-state index in [0.29, 0.717) is 44.6 Å². The van der Waals surface area contributed by atoms with Crippen LogP contribution in [-0.2, 0) is 16.0 Å². The highest BCUT2D eigenvalue weighted by Gasteiger charge is 2.25. The smallest absolute Gasteiger partial charge is 0.387 e. The number of alkyl halides is 2. The first-order valence-corrected chi connectivity index (χ1v) is 10.4. The van der Waals surface area contributed by atoms with Crippen LogP contribution in [-0.4, -0.2) is 70.6 Å². The Bertz CT molecular complexity index is 668. The Hall–Kier alpha value is -1.40. The van der Waals surface area contributed by atoms with Gasteiger partial charge >= 0.3 is 6.61 Å². The minimum Gasteiger partial charge on any atom is -0.490 e. The van der Waals surface area contributed by atoms with Crippen molar-refractivity contribution in [3.8, 4) is 11.5 Å². The minimum atomic E-state index is -2.89. The standard InChI is InChI=1S/C21H33F2N3O4.HI/c1-4-24-21(26-9-8-17(14-26)15-28-11-10-27-3)25-13-16-6-7-18(30-20(22)23)19(12-16)29-5-2;/h6-7,12,17,20H,4-5,8-11,13-15H2,1-3H3,(H,24,25);1H. The zero-order valence-electron chi connectivity index (χ0n) is 18.4. The van der Waals surface area contributed by atoms with E-state index in [1.54, 1.807) is 26.2 Å². The molecule has 1 aliphatic rings. The second kappa shape index (κ2) is 15.4. The summed E-state index contributed by atoms with van der Waals surface area (Å²) in [6, 6.07) is 4.92. The molecule has 2 rings (SSSR count). The Morgan fingerprint density at radius 2 is 2.06 bits per heavy atom. The summed E-state index contributed by atoms with van der Waals surface area (Å²) in [5, 5.41) is 3.33. The molecule has 1 aliphatic heterocycles. The maximum atomic E-state index is 12.6. The van der Waals surface area contributed by atoms with Gasteiger partial charge in [0.2, 0.25) is 0 Å². The van der Waals surface area contributed by atoms with E-state index in [1.165, 1.54) is 6.07 Å². The van der Waals surface area contributed by atoms with E-state index in [4.69, 9.17) is 19.2 Å². The highest BCUT2D eigenvalue weighted by Crippen LogP contribution is 2.30. The van der Waals surface area contributed by atoms with Gasteiger partial charge < -0.3 is 29.2 Å². The van der Waals surface area contributed by atoms with Crippen molar-refractivity contribution in [3.05, 3.63) is 23.8 Å². The predicted molar refractivity (Wildman–Crippen MR) is 127 cm³/mol. The Morgan fingerprint density at radius 1 is 1.26 bits per heavy atom. The highest BCUT2D eigenvalue weighted by atomic mass is 127. The number of likely N-dealkylation sites (tertiary alicyclic amines) is 1. The molecule has 0 spiro atoms. The fraction of sp³-hybridized carbons (Fsp3) is 0.667. The summed E-state index contributed by atoms with van der Waals surface area (Å²) >= 11 is 0. The molecule has 1 saturated heterocycles. The van der Waals surface area contributed by atoms with Crippen LogP contribution in [0.3, 0.4) is 0 Å². The van der Waals surface area contributed by atoms with Gasteiger partial charge in [-0.1, -0.05) is 6.07 Å². The Kier molecular flexibility index (Phi) is 13.7. The molecule has 31 heavy (non-hydrogen) atoms. The van der Waals surface area contributed by atoms with Crippen LogP contribution in [0, 0.1) is 5.92 Å². The van der Waals surface area contributed by atoms with E-state index in [1.807, 2.05) is 6.92 Å². The van der Waals surface area contributed by atoms with Crippen molar-refractivity contribution in [2.45, 2.75) is 33.4 Å². The monoisotopic (exact) mass is 557 g/mol. The third-order valence-electron chi connectivity index (χ3n) is 4.64. The molecule has 0 radical (unpaired) electrons. The molecule has 1 N–H and O–H groups in total. The lowest BCUT2D eigenvalue weighted by atomic mass is 10.1. The molecule has 1 fully saturated rings. The summed E-state index contributed by atoms with van der Waals surface area (Å²) in [6.45, 7) is 6.16. The summed E-state index contributed by atoms with van der Waals surface area (Å²) in [4.78, 5) is 6.96. The lowest BCUT2D eigenvalue weighted by molar-refractivity contribution is -0.0514. The lowest BCUT2D eigenvalue weighted by Gasteiger charge is -2.22. The summed E-state index contributed by atoms with van der Waals surface area (Å²) in [7, 11) is 1.66. The zero-order valence-corrected chi connectivity index (χ0v) is 20.8. The van der Waals surface area contributed by atoms with Gasteiger partial charge in [-0.05, 0) is 38.0 Å². The van der Waals surface area contributed by atoms with Crippen LogP contribution in [0.15, 0.2) is 23.2 Å². The number of ether oxygens (including phenoxy) is 4. The van der Waals surface area contributed by atoms with Crippen LogP contribution in [0.1, 0.15) is 25.8 Å². The van der Waals surface area contributed by atoms with Crippen molar-refractivity contribution < 1.29 is 27.7 Å². The van der Waals surface area contributed by atoms with Crippen LogP contribution in [0.5, 0.6) is 11.5 Å². The van der Waals surface area contributed by atoms with E-state index in [9.17, 15) is 8.78 Å². The summed E-state index contributed by atoms with van der Waals surface area (Å²) in [6.07, 6.45) is 1.05. The van der Waals surface area contributed by atoms with Crippen LogP contribution >= 0.6 is 24.0 Å². The van der Waals surface area contributed by atoms with Crippen molar-refractivity contribution in [1.29, 1.82) is 0 Å². The molecule has 0 saturated carbocycles. The molecule has 0 aliphatic carbocycles. The number of aliphatic imine (C=N–C) groups is 1. The van der Waals surface area contributed by atoms with E-state index >= 15 is 0 Å². The number of rotatable bonds is 12. The molecule has 0 bridgehead atoms. The quantitative estimate of drug-likeness (QED) is 0.183. The molecule has 178 valence electrons. The van der Waals surface area contributed by atoms with E-state index < -0.39 is 6.61 Å². The average molecular weight is 557 g/mol. The van der Waals surface area contributed by atoms with Gasteiger partial charge in [-0.3, -0.25) is 0 Å². The van der Waals surface area contributed by atoms with Gasteiger partial charge in [0.05, 0.1) is 33.0 Å². The highest BCUT2D eigenvalue weighted by molar-refractivity contribution is 14.0. The van der Waals surface area contributed by atoms with Gasteiger partial charge in [-0.15, -0.1) is 24.0 Å². The van der Waals surface area contributed by atoms with Crippen molar-refractivity contribution in [2.24, 2.45) is 10.9 Å². The summed E-state index contributed by atoms with van der Waals surface area (Å²) in [5.41, 5.74) is 0.856. The molecule has 1 heterocycles. The molecule has 10 heteroatoms. The Balaban J connectivity index is 0.00000480. The van der Waals surface area contributed by atoms with E-state index in [2.05, 4.69) is 15.0 Å². The molecule has 7 nitrogen and oxygen atoms in total. The molecule has 1 atom stereocenters. The van der Waals surface area contributed by atoms with Gasteiger partial charge in [0.15, 0.2) is 17.5 Å². The number of methoxy groups -OCH3 is 1. The largest absolute Gasteiger partial charge is 0.490 e. The van der Waals surface area contributed by atoms with Crippen molar-refractivity contribution >= 4 is 29.9 Å². The van der Waals surface area contributed by atoms with Gasteiger partial charge in [-0.2, -0.15) is 8.78 Å². The molecular weight excluding hydrogens is 523 g/mol. The molecule has 1 unspecified atom stereocenters. The number of benzene rings is 1. The molecule has 1 aromatic rings. The average Bonchev–Trinajstić information content (AvgIpc) is 3.19. The third kappa shape index (κ3) is 9.73. The number of halogens is 3. The fourth-order valence-electron chi connectivity index (χ4n) is 3.26. The first-order valence-electron chi connectivity index (χ1n) is 10.4. The number of hydrogen-bond acceptors (Lipinski definition) is 5. The molecule has 0 amide bonds. The Morgan fingerprint density at radius 3 is 2.74 bits per heavy atom. The van der Waals surface area contributed by atoms with Gasteiger partial charge in [0.1, 0.15) is 0 Å². The number of guanidine groups is 1. The van der Waals surface area contributed by atoms with Crippen molar-refractivity contribution in [3.63, 3.8) is 0 Å².